The van der Waals surface area contributed by atoms with Crippen LogP contribution in [-0.2, 0) is 11.4 Å². The summed E-state index contributed by atoms with van der Waals surface area (Å²) in [5, 5.41) is 2.74. The average molecular weight is 673 g/mol. The lowest BCUT2D eigenvalue weighted by molar-refractivity contribution is -0.123. The van der Waals surface area contributed by atoms with Gasteiger partial charge in [0.05, 0.1) is 22.5 Å². The lowest BCUT2D eigenvalue weighted by Crippen LogP contribution is -2.32. The number of imide groups is 1. The van der Waals surface area contributed by atoms with E-state index in [1.54, 1.807) is 36.4 Å². The molecule has 6 nitrogen and oxygen atoms in total. The molecule has 210 valence electrons. The first-order chi connectivity index (χ1) is 19.8. The molecule has 0 unspecified atom stereocenters. The van der Waals surface area contributed by atoms with Gasteiger partial charge >= 0.3 is 0 Å². The van der Waals surface area contributed by atoms with E-state index in [0.29, 0.717) is 48.8 Å². The van der Waals surface area contributed by atoms with E-state index in [-0.39, 0.29) is 30.9 Å². The lowest BCUT2D eigenvalue weighted by atomic mass is 10.1. The monoisotopic (exact) mass is 671 g/mol. The molecule has 0 N–H and O–H groups in total. The molecule has 0 spiro atoms. The molecule has 1 fully saturated rings. The van der Waals surface area contributed by atoms with Gasteiger partial charge in [-0.3, -0.25) is 14.5 Å². The van der Waals surface area contributed by atoms with E-state index in [1.807, 2.05) is 49.4 Å². The van der Waals surface area contributed by atoms with E-state index in [4.69, 9.17) is 37.4 Å². The highest BCUT2D eigenvalue weighted by Crippen LogP contribution is 2.40. The van der Waals surface area contributed by atoms with E-state index < -0.39 is 0 Å². The molecule has 1 aliphatic rings. The fourth-order valence-electron chi connectivity index (χ4n) is 4.28. The van der Waals surface area contributed by atoms with Gasteiger partial charge in [0, 0.05) is 21.0 Å². The van der Waals surface area contributed by atoms with Crippen LogP contribution in [0.4, 0.5) is 4.79 Å². The predicted molar refractivity (Wildman–Crippen MR) is 168 cm³/mol. The van der Waals surface area contributed by atoms with E-state index in [2.05, 4.69) is 15.9 Å². The molecule has 0 atom stereocenters. The number of benzene rings is 4. The van der Waals surface area contributed by atoms with Crippen molar-refractivity contribution in [2.24, 2.45) is 0 Å². The Morgan fingerprint density at radius 3 is 2.54 bits per heavy atom. The number of rotatable bonds is 10. The van der Waals surface area contributed by atoms with Crippen LogP contribution in [0.2, 0.25) is 10.0 Å². The second-order valence-electron chi connectivity index (χ2n) is 8.95. The lowest BCUT2D eigenvalue weighted by Gasteiger charge is -2.15. The Hall–Kier alpha value is -3.17. The highest BCUT2D eigenvalue weighted by molar-refractivity contribution is 9.10. The first kappa shape index (κ1) is 29.3. The Morgan fingerprint density at radius 1 is 0.927 bits per heavy atom. The van der Waals surface area contributed by atoms with Crippen molar-refractivity contribution in [2.45, 2.75) is 13.5 Å². The van der Waals surface area contributed by atoms with E-state index >= 15 is 0 Å². The molecular formula is C31H24BrCl2NO5S. The molecule has 0 bridgehead atoms. The maximum atomic E-state index is 13.1. The largest absolute Gasteiger partial charge is 0.491 e. The van der Waals surface area contributed by atoms with Crippen molar-refractivity contribution < 1.29 is 23.8 Å². The van der Waals surface area contributed by atoms with Crippen molar-refractivity contribution in [1.29, 1.82) is 0 Å². The number of carbonyl (C=O) groups is 2. The van der Waals surface area contributed by atoms with E-state index in [9.17, 15) is 9.59 Å². The van der Waals surface area contributed by atoms with Gasteiger partial charge in [0.2, 0.25) is 0 Å². The quantitative estimate of drug-likeness (QED) is 0.157. The highest BCUT2D eigenvalue weighted by Gasteiger charge is 2.35. The summed E-state index contributed by atoms with van der Waals surface area (Å²) >= 11 is 16.7. The summed E-state index contributed by atoms with van der Waals surface area (Å²) in [6.07, 6.45) is 1.67. The molecule has 0 radical (unpaired) electrons. The zero-order valence-electron chi connectivity index (χ0n) is 21.9. The molecule has 41 heavy (non-hydrogen) atoms. The molecule has 1 heterocycles. The molecule has 4 aromatic carbocycles. The zero-order valence-corrected chi connectivity index (χ0v) is 25.8. The summed E-state index contributed by atoms with van der Waals surface area (Å²) in [6, 6.07) is 22.5. The number of hydrogen-bond donors (Lipinski definition) is 0. The van der Waals surface area contributed by atoms with Crippen molar-refractivity contribution in [2.75, 3.05) is 19.8 Å². The van der Waals surface area contributed by atoms with Gasteiger partial charge < -0.3 is 14.2 Å². The van der Waals surface area contributed by atoms with Gasteiger partial charge in [-0.15, -0.1) is 0 Å². The highest BCUT2D eigenvalue weighted by atomic mass is 79.9. The van der Waals surface area contributed by atoms with Crippen molar-refractivity contribution >= 4 is 78.9 Å². The number of ether oxygens (including phenoxy) is 3. The summed E-state index contributed by atoms with van der Waals surface area (Å²) in [6.45, 7) is 2.79. The van der Waals surface area contributed by atoms with E-state index in [0.717, 1.165) is 28.1 Å². The molecule has 1 aliphatic heterocycles. The normalized spacial score (nSPS) is 14.2. The second-order valence-corrected chi connectivity index (χ2v) is 11.6. The minimum absolute atomic E-state index is 0.138. The molecular weight excluding hydrogens is 649 g/mol. The SMILES string of the molecule is CCOc1cc(/C=C2\SC(=O)N(CCOc3cccc4ccccc34)C2=O)cc(Br)c1OCc1ccc(Cl)cc1Cl. The van der Waals surface area contributed by atoms with Gasteiger partial charge in [0.1, 0.15) is 19.0 Å². The third kappa shape index (κ3) is 6.84. The maximum Gasteiger partial charge on any atom is 0.293 e. The van der Waals surface area contributed by atoms with Crippen LogP contribution in [0.15, 0.2) is 82.2 Å². The first-order valence-electron chi connectivity index (χ1n) is 12.7. The minimum Gasteiger partial charge on any atom is -0.491 e. The average Bonchev–Trinajstić information content (AvgIpc) is 3.21. The van der Waals surface area contributed by atoms with Crippen molar-refractivity contribution in [3.8, 4) is 17.2 Å². The number of carbonyl (C=O) groups excluding carboxylic acids is 2. The Kier molecular flexibility index (Phi) is 9.45. The fourth-order valence-corrected chi connectivity index (χ4v) is 6.18. The summed E-state index contributed by atoms with van der Waals surface area (Å²) in [7, 11) is 0. The summed E-state index contributed by atoms with van der Waals surface area (Å²) in [4.78, 5) is 27.3. The third-order valence-electron chi connectivity index (χ3n) is 6.21. The van der Waals surface area contributed by atoms with Crippen LogP contribution < -0.4 is 14.2 Å². The summed E-state index contributed by atoms with van der Waals surface area (Å²) in [5.41, 5.74) is 1.45. The molecule has 4 aromatic rings. The van der Waals surface area contributed by atoms with Crippen LogP contribution in [-0.4, -0.2) is 35.8 Å². The van der Waals surface area contributed by atoms with Gasteiger partial charge in [-0.1, -0.05) is 65.7 Å². The number of hydrogen-bond acceptors (Lipinski definition) is 6. The van der Waals surface area contributed by atoms with E-state index in [1.165, 1.54) is 4.90 Å². The second kappa shape index (κ2) is 13.2. The fraction of sp³-hybridized carbons (Fsp3) is 0.161. The van der Waals surface area contributed by atoms with Crippen LogP contribution in [0.25, 0.3) is 16.8 Å². The molecule has 0 saturated carbocycles. The topological polar surface area (TPSA) is 65.1 Å². The zero-order chi connectivity index (χ0) is 28.9. The summed E-state index contributed by atoms with van der Waals surface area (Å²) in [5.74, 6) is 1.32. The minimum atomic E-state index is -0.367. The molecule has 2 amide bonds. The van der Waals surface area contributed by atoms with Gasteiger partial charge in [-0.25, -0.2) is 0 Å². The van der Waals surface area contributed by atoms with Gasteiger partial charge in [0.15, 0.2) is 11.5 Å². The van der Waals surface area contributed by atoms with Gasteiger partial charge in [-0.2, -0.15) is 0 Å². The maximum absolute atomic E-state index is 13.1. The number of halogens is 3. The summed E-state index contributed by atoms with van der Waals surface area (Å²) < 4.78 is 18.5. The number of nitrogens with zero attached hydrogens (tertiary/aromatic N) is 1. The number of fused-ring (bicyclic) bond motifs is 1. The Bertz CT molecular complexity index is 1660. The molecule has 0 aliphatic carbocycles. The van der Waals surface area contributed by atoms with Crippen molar-refractivity contribution in [3.63, 3.8) is 0 Å². The van der Waals surface area contributed by atoms with Crippen molar-refractivity contribution in [3.05, 3.63) is 103 Å². The van der Waals surface area contributed by atoms with Gasteiger partial charge in [0.25, 0.3) is 11.1 Å². The van der Waals surface area contributed by atoms with Crippen LogP contribution in [0.3, 0.4) is 0 Å². The number of thioether (sulfide) groups is 1. The van der Waals surface area contributed by atoms with Crippen LogP contribution >= 0.6 is 50.9 Å². The Morgan fingerprint density at radius 2 is 1.73 bits per heavy atom. The van der Waals surface area contributed by atoms with Crippen LogP contribution in [0.5, 0.6) is 17.2 Å². The first-order valence-corrected chi connectivity index (χ1v) is 15.1. The van der Waals surface area contributed by atoms with Crippen LogP contribution in [0.1, 0.15) is 18.1 Å². The third-order valence-corrected chi connectivity index (χ3v) is 8.30. The predicted octanol–water partition coefficient (Wildman–Crippen LogP) is 9.00. The smallest absolute Gasteiger partial charge is 0.293 e. The molecule has 1 saturated heterocycles. The standard InChI is InChI=1S/C31H24BrCl2NO5S/c1-2-38-27-15-19(14-24(32)29(27)40-18-21-10-11-22(33)17-25(21)34)16-28-30(36)35(31(37)41-28)12-13-39-26-9-5-7-20-6-3-4-8-23(20)26/h3-11,14-17H,2,12-13,18H2,1H3/b28-16-. The van der Waals surface area contributed by atoms with Gasteiger partial charge in [-0.05, 0) is 82.0 Å². The molecule has 10 heteroatoms. The Balaban J connectivity index is 1.28. The van der Waals surface area contributed by atoms with Crippen molar-refractivity contribution in [1.82, 2.24) is 4.90 Å². The Labute approximate surface area is 260 Å². The number of amides is 2. The molecule has 5 rings (SSSR count). The molecule has 0 aromatic heterocycles. The van der Waals surface area contributed by atoms with Crippen LogP contribution in [0, 0.1) is 0 Å².